The van der Waals surface area contributed by atoms with Crippen LogP contribution in [0.4, 0.5) is 4.39 Å². The molecule has 4 rings (SSSR count). The van der Waals surface area contributed by atoms with E-state index in [2.05, 4.69) is 20.1 Å². The zero-order chi connectivity index (χ0) is 18.4. The molecular formula is C18H14FN5O2. The van der Waals surface area contributed by atoms with Gasteiger partial charge in [0.25, 0.3) is 5.56 Å². The van der Waals surface area contributed by atoms with Crippen molar-refractivity contribution in [3.05, 3.63) is 64.0 Å². The van der Waals surface area contributed by atoms with Crippen LogP contribution in [-0.2, 0) is 0 Å². The number of fused-ring (bicyclic) bond motifs is 1. The summed E-state index contributed by atoms with van der Waals surface area (Å²) in [6.45, 7) is 3.73. The van der Waals surface area contributed by atoms with Crippen LogP contribution in [0.15, 0.2) is 41.5 Å². The number of nitrogens with one attached hydrogen (secondary N) is 1. The van der Waals surface area contributed by atoms with Crippen LogP contribution in [0.2, 0.25) is 0 Å². The Morgan fingerprint density at radius 3 is 2.73 bits per heavy atom. The second kappa shape index (κ2) is 5.76. The summed E-state index contributed by atoms with van der Waals surface area (Å²) >= 11 is 0. The Kier molecular flexibility index (Phi) is 3.54. The maximum atomic E-state index is 13.0. The molecule has 3 aromatic heterocycles. The van der Waals surface area contributed by atoms with E-state index in [0.717, 1.165) is 17.3 Å². The molecule has 0 aliphatic carbocycles. The van der Waals surface area contributed by atoms with E-state index < -0.39 is 11.4 Å². The van der Waals surface area contributed by atoms with Crippen molar-refractivity contribution in [2.75, 3.05) is 0 Å². The van der Waals surface area contributed by atoms with Crippen molar-refractivity contribution < 1.29 is 9.50 Å². The number of phenols is 1. The van der Waals surface area contributed by atoms with Gasteiger partial charge in [0.2, 0.25) is 0 Å². The average Bonchev–Trinajstić information content (AvgIpc) is 2.98. The molecule has 0 saturated carbocycles. The predicted molar refractivity (Wildman–Crippen MR) is 93.8 cm³/mol. The first-order valence-electron chi connectivity index (χ1n) is 7.84. The molecule has 4 aromatic rings. The fourth-order valence-corrected chi connectivity index (χ4v) is 2.90. The van der Waals surface area contributed by atoms with Gasteiger partial charge in [-0.15, -0.1) is 5.10 Å². The number of aromatic nitrogens is 5. The molecule has 2 N–H and O–H groups in total. The van der Waals surface area contributed by atoms with Gasteiger partial charge in [0.05, 0.1) is 6.20 Å². The molecule has 7 nitrogen and oxygen atoms in total. The minimum absolute atomic E-state index is 0.0622. The minimum atomic E-state index is -0.480. The van der Waals surface area contributed by atoms with E-state index in [0.29, 0.717) is 11.4 Å². The van der Waals surface area contributed by atoms with Crippen molar-refractivity contribution in [1.29, 1.82) is 0 Å². The molecule has 26 heavy (non-hydrogen) atoms. The van der Waals surface area contributed by atoms with E-state index in [4.69, 9.17) is 0 Å². The molecule has 0 amide bonds. The molecule has 0 aliphatic rings. The number of aromatic hydroxyl groups is 1. The van der Waals surface area contributed by atoms with Crippen LogP contribution in [0.25, 0.3) is 28.2 Å². The zero-order valence-corrected chi connectivity index (χ0v) is 14.0. The standard InChI is InChI=1S/C18H14FN5O2/c1-9-5-10(2)15(14(25)6-9)24-8-12-16(23-24)21-17(22-18(12)26)13-4-3-11(19)7-20-13/h3-8,25H,1-2H3,(H,21,22,23,26). The lowest BCUT2D eigenvalue weighted by molar-refractivity contribution is 0.469. The fraction of sp³-hybridized carbons (Fsp3) is 0.111. The summed E-state index contributed by atoms with van der Waals surface area (Å²) in [5.41, 5.74) is 2.35. The number of aromatic amines is 1. The largest absolute Gasteiger partial charge is 0.506 e. The van der Waals surface area contributed by atoms with Gasteiger partial charge in [-0.05, 0) is 43.2 Å². The molecule has 0 atom stereocenters. The zero-order valence-electron chi connectivity index (χ0n) is 14.0. The summed E-state index contributed by atoms with van der Waals surface area (Å²) in [4.78, 5) is 23.2. The third kappa shape index (κ3) is 2.61. The van der Waals surface area contributed by atoms with Gasteiger partial charge >= 0.3 is 0 Å². The highest BCUT2D eigenvalue weighted by molar-refractivity contribution is 5.76. The summed E-state index contributed by atoms with van der Waals surface area (Å²) in [7, 11) is 0. The summed E-state index contributed by atoms with van der Waals surface area (Å²) in [6.07, 6.45) is 2.56. The number of hydrogen-bond acceptors (Lipinski definition) is 5. The monoisotopic (exact) mass is 351 g/mol. The number of benzene rings is 1. The van der Waals surface area contributed by atoms with Gasteiger partial charge in [-0.3, -0.25) is 4.79 Å². The first-order chi connectivity index (χ1) is 12.4. The second-order valence-electron chi connectivity index (χ2n) is 6.04. The maximum Gasteiger partial charge on any atom is 0.262 e. The number of halogens is 1. The van der Waals surface area contributed by atoms with Gasteiger partial charge in [-0.1, -0.05) is 6.07 Å². The molecule has 0 fully saturated rings. The number of rotatable bonds is 2. The van der Waals surface area contributed by atoms with Gasteiger partial charge in [0, 0.05) is 6.20 Å². The van der Waals surface area contributed by atoms with E-state index in [1.807, 2.05) is 19.9 Å². The quantitative estimate of drug-likeness (QED) is 0.579. The lowest BCUT2D eigenvalue weighted by atomic mass is 10.1. The van der Waals surface area contributed by atoms with E-state index >= 15 is 0 Å². The van der Waals surface area contributed by atoms with Crippen LogP contribution >= 0.6 is 0 Å². The van der Waals surface area contributed by atoms with Gasteiger partial charge in [-0.2, -0.15) is 0 Å². The first-order valence-corrected chi connectivity index (χ1v) is 7.84. The molecule has 0 radical (unpaired) electrons. The number of aryl methyl sites for hydroxylation is 2. The summed E-state index contributed by atoms with van der Waals surface area (Å²) in [6, 6.07) is 6.19. The number of hydrogen-bond donors (Lipinski definition) is 2. The van der Waals surface area contributed by atoms with Gasteiger partial charge < -0.3 is 10.1 Å². The molecule has 0 saturated heterocycles. The number of H-pyrrole nitrogens is 1. The predicted octanol–water partition coefficient (Wildman–Crippen LogP) is 2.63. The highest BCUT2D eigenvalue weighted by Crippen LogP contribution is 2.27. The van der Waals surface area contributed by atoms with Crippen LogP contribution in [-0.4, -0.2) is 29.8 Å². The van der Waals surface area contributed by atoms with Gasteiger partial charge in [0.15, 0.2) is 11.5 Å². The van der Waals surface area contributed by atoms with Crippen molar-refractivity contribution in [2.24, 2.45) is 0 Å². The third-order valence-corrected chi connectivity index (χ3v) is 4.01. The normalized spacial score (nSPS) is 11.2. The molecule has 130 valence electrons. The lowest BCUT2D eigenvalue weighted by Crippen LogP contribution is -2.09. The highest BCUT2D eigenvalue weighted by atomic mass is 19.1. The number of nitrogens with zero attached hydrogens (tertiary/aromatic N) is 4. The Morgan fingerprint density at radius 1 is 1.23 bits per heavy atom. The van der Waals surface area contributed by atoms with Gasteiger partial charge in [0.1, 0.15) is 28.3 Å². The Balaban J connectivity index is 1.90. The van der Waals surface area contributed by atoms with Crippen LogP contribution in [0.3, 0.4) is 0 Å². The Bertz CT molecular complexity index is 1170. The SMILES string of the molecule is Cc1cc(C)c(-n2cc3c(=O)[nH]c(-c4ccc(F)cn4)nc3n2)c(O)c1. The topological polar surface area (TPSA) is 96.7 Å². The highest BCUT2D eigenvalue weighted by Gasteiger charge is 2.15. The molecule has 0 bridgehead atoms. The smallest absolute Gasteiger partial charge is 0.262 e. The summed E-state index contributed by atoms with van der Waals surface area (Å²) in [5.74, 6) is -0.225. The van der Waals surface area contributed by atoms with Crippen molar-refractivity contribution in [1.82, 2.24) is 24.7 Å². The molecule has 0 aliphatic heterocycles. The fourth-order valence-electron chi connectivity index (χ4n) is 2.90. The first kappa shape index (κ1) is 15.9. The van der Waals surface area contributed by atoms with Crippen LogP contribution < -0.4 is 5.56 Å². The molecule has 8 heteroatoms. The number of phenolic OH excluding ortho intramolecular Hbond substituents is 1. The summed E-state index contributed by atoms with van der Waals surface area (Å²) in [5, 5.41) is 14.9. The third-order valence-electron chi connectivity index (χ3n) is 4.01. The Morgan fingerprint density at radius 2 is 2.04 bits per heavy atom. The Labute approximate surface area is 146 Å². The van der Waals surface area contributed by atoms with E-state index in [9.17, 15) is 14.3 Å². The second-order valence-corrected chi connectivity index (χ2v) is 6.04. The van der Waals surface area contributed by atoms with Crippen molar-refractivity contribution >= 4 is 11.0 Å². The molecular weight excluding hydrogens is 337 g/mol. The lowest BCUT2D eigenvalue weighted by Gasteiger charge is -2.09. The minimum Gasteiger partial charge on any atom is -0.506 e. The van der Waals surface area contributed by atoms with E-state index in [-0.39, 0.29) is 22.6 Å². The van der Waals surface area contributed by atoms with Crippen LogP contribution in [0, 0.1) is 19.7 Å². The van der Waals surface area contributed by atoms with E-state index in [1.54, 1.807) is 6.07 Å². The molecule has 0 spiro atoms. The van der Waals surface area contributed by atoms with E-state index in [1.165, 1.54) is 23.0 Å². The van der Waals surface area contributed by atoms with Crippen molar-refractivity contribution in [3.63, 3.8) is 0 Å². The average molecular weight is 351 g/mol. The maximum absolute atomic E-state index is 13.0. The number of pyridine rings is 1. The summed E-state index contributed by atoms with van der Waals surface area (Å²) < 4.78 is 14.5. The van der Waals surface area contributed by atoms with Crippen molar-refractivity contribution in [3.8, 4) is 23.0 Å². The van der Waals surface area contributed by atoms with Crippen LogP contribution in [0.1, 0.15) is 11.1 Å². The molecule has 1 aromatic carbocycles. The van der Waals surface area contributed by atoms with Crippen molar-refractivity contribution in [2.45, 2.75) is 13.8 Å². The Hall–Kier alpha value is -3.55. The van der Waals surface area contributed by atoms with Crippen LogP contribution in [0.5, 0.6) is 5.75 Å². The molecule has 0 unspecified atom stereocenters. The molecule has 3 heterocycles. The van der Waals surface area contributed by atoms with Gasteiger partial charge in [-0.25, -0.2) is 19.0 Å².